The second kappa shape index (κ2) is 8.88. The molecule has 2 aromatic carbocycles. The van der Waals surface area contributed by atoms with Crippen molar-refractivity contribution in [3.05, 3.63) is 84.0 Å². The number of rotatable bonds is 6. The van der Waals surface area contributed by atoms with Crippen LogP contribution in [0.2, 0.25) is 0 Å². The molecule has 1 aliphatic carbocycles. The zero-order valence-corrected chi connectivity index (χ0v) is 18.1. The number of ether oxygens (including phenoxy) is 1. The van der Waals surface area contributed by atoms with E-state index >= 15 is 0 Å². The van der Waals surface area contributed by atoms with Gasteiger partial charge in [-0.1, -0.05) is 94.4 Å². The van der Waals surface area contributed by atoms with Crippen LogP contribution in [0.25, 0.3) is 0 Å². The first-order valence-electron chi connectivity index (χ1n) is 9.85. The van der Waals surface area contributed by atoms with Gasteiger partial charge in [0.2, 0.25) is 0 Å². The van der Waals surface area contributed by atoms with E-state index in [1.807, 2.05) is 18.2 Å². The number of carbonyl (C=O) groups excluding carboxylic acids is 1. The highest BCUT2D eigenvalue weighted by Gasteiger charge is 2.27. The summed E-state index contributed by atoms with van der Waals surface area (Å²) in [4.78, 5) is 12.7. The minimum atomic E-state index is -0.542. The predicted octanol–water partition coefficient (Wildman–Crippen LogP) is 5.21. The predicted molar refractivity (Wildman–Crippen MR) is 120 cm³/mol. The van der Waals surface area contributed by atoms with Crippen LogP contribution in [0.5, 0.6) is 0 Å². The first kappa shape index (κ1) is 20.6. The lowest BCUT2D eigenvalue weighted by atomic mass is 9.87. The van der Waals surface area contributed by atoms with Crippen LogP contribution >= 0.6 is 7.92 Å². The van der Waals surface area contributed by atoms with Gasteiger partial charge in [-0.25, -0.2) is 4.79 Å². The first-order chi connectivity index (χ1) is 13.4. The van der Waals surface area contributed by atoms with Crippen LogP contribution in [0.3, 0.4) is 0 Å². The molecule has 1 atom stereocenters. The fourth-order valence-corrected chi connectivity index (χ4v) is 5.51. The molecule has 1 unspecified atom stereocenters. The van der Waals surface area contributed by atoms with Crippen molar-refractivity contribution < 1.29 is 9.53 Å². The molecular weight excluding hydrogens is 363 g/mol. The van der Waals surface area contributed by atoms with Gasteiger partial charge in [-0.3, -0.25) is 0 Å². The molecule has 3 rings (SSSR count). The van der Waals surface area contributed by atoms with E-state index in [9.17, 15) is 4.79 Å². The summed E-state index contributed by atoms with van der Waals surface area (Å²) in [7, 11) is -0.542. The topological polar surface area (TPSA) is 26.3 Å². The molecule has 0 bridgehead atoms. The molecule has 0 aromatic heterocycles. The van der Waals surface area contributed by atoms with E-state index in [1.54, 1.807) is 0 Å². The third-order valence-electron chi connectivity index (χ3n) is 5.02. The van der Waals surface area contributed by atoms with Gasteiger partial charge in [-0.05, 0) is 35.6 Å². The van der Waals surface area contributed by atoms with Crippen molar-refractivity contribution in [3.8, 4) is 0 Å². The van der Waals surface area contributed by atoms with Crippen molar-refractivity contribution in [1.29, 1.82) is 0 Å². The van der Waals surface area contributed by atoms with Gasteiger partial charge in [0.25, 0.3) is 0 Å². The van der Waals surface area contributed by atoms with Gasteiger partial charge in [0.1, 0.15) is 0 Å². The Bertz CT molecular complexity index is 821. The standard InChI is InChI=1S/C25H29O2P/c1-19-17-20(25(2,3)4)18-23(19)24(26)27-15-16-28(21-11-7-5-8-12-21)22-13-9-6-10-14-22/h5-14,17-19H,15-16H2,1-4H3. The summed E-state index contributed by atoms with van der Waals surface area (Å²) in [5.41, 5.74) is 2.03. The van der Waals surface area contributed by atoms with Gasteiger partial charge in [0.05, 0.1) is 6.61 Å². The van der Waals surface area contributed by atoms with Gasteiger partial charge in [0.15, 0.2) is 0 Å². The molecule has 0 radical (unpaired) electrons. The number of benzene rings is 2. The number of hydrogen-bond donors (Lipinski definition) is 0. The fourth-order valence-electron chi connectivity index (χ4n) is 3.35. The van der Waals surface area contributed by atoms with Crippen molar-refractivity contribution in [1.82, 2.24) is 0 Å². The molecule has 1 aliphatic rings. The smallest absolute Gasteiger partial charge is 0.334 e. The molecule has 0 N–H and O–H groups in total. The SMILES string of the molecule is CC1C=C(C(C)(C)C)C=C1C(=O)OCCP(c1ccccc1)c1ccccc1. The Morgan fingerprint density at radius 2 is 1.50 bits per heavy atom. The van der Waals surface area contributed by atoms with Crippen LogP contribution in [-0.2, 0) is 9.53 Å². The van der Waals surface area contributed by atoms with Crippen LogP contribution in [0.1, 0.15) is 27.7 Å². The number of hydrogen-bond acceptors (Lipinski definition) is 2. The Morgan fingerprint density at radius 3 is 1.96 bits per heavy atom. The molecule has 0 aliphatic heterocycles. The lowest BCUT2D eigenvalue weighted by Crippen LogP contribution is -2.19. The summed E-state index contributed by atoms with van der Waals surface area (Å²) in [5, 5.41) is 2.62. The molecule has 0 saturated carbocycles. The number of esters is 1. The Kier molecular flexibility index (Phi) is 6.52. The Balaban J connectivity index is 1.66. The summed E-state index contributed by atoms with van der Waals surface area (Å²) >= 11 is 0. The fraction of sp³-hybridized carbons (Fsp3) is 0.320. The van der Waals surface area contributed by atoms with E-state index < -0.39 is 7.92 Å². The minimum Gasteiger partial charge on any atom is -0.462 e. The molecule has 2 aromatic rings. The summed E-state index contributed by atoms with van der Waals surface area (Å²) in [5.74, 6) is -0.0643. The van der Waals surface area contributed by atoms with E-state index in [1.165, 1.54) is 16.2 Å². The molecule has 0 amide bonds. The van der Waals surface area contributed by atoms with Crippen LogP contribution < -0.4 is 10.6 Å². The third kappa shape index (κ3) is 5.00. The highest BCUT2D eigenvalue weighted by atomic mass is 31.1. The van der Waals surface area contributed by atoms with Crippen LogP contribution in [-0.4, -0.2) is 18.7 Å². The lowest BCUT2D eigenvalue weighted by molar-refractivity contribution is -0.138. The highest BCUT2D eigenvalue weighted by molar-refractivity contribution is 7.73. The summed E-state index contributed by atoms with van der Waals surface area (Å²) in [6.45, 7) is 9.01. The molecule has 28 heavy (non-hydrogen) atoms. The van der Waals surface area contributed by atoms with Crippen molar-refractivity contribution in [2.45, 2.75) is 27.7 Å². The van der Waals surface area contributed by atoms with E-state index in [0.717, 1.165) is 11.7 Å². The van der Waals surface area contributed by atoms with Crippen LogP contribution in [0.15, 0.2) is 84.0 Å². The first-order valence-corrected chi connectivity index (χ1v) is 11.4. The van der Waals surface area contributed by atoms with Gasteiger partial charge in [0, 0.05) is 17.7 Å². The number of carbonyl (C=O) groups is 1. The maximum atomic E-state index is 12.7. The van der Waals surface area contributed by atoms with E-state index in [0.29, 0.717) is 6.61 Å². The average molecular weight is 392 g/mol. The Labute approximate surface area is 170 Å². The van der Waals surface area contributed by atoms with Crippen molar-refractivity contribution in [2.24, 2.45) is 11.3 Å². The van der Waals surface area contributed by atoms with Gasteiger partial charge < -0.3 is 4.74 Å². The molecule has 0 saturated heterocycles. The Hall–Kier alpha value is -2.18. The van der Waals surface area contributed by atoms with E-state index in [2.05, 4.69) is 82.3 Å². The van der Waals surface area contributed by atoms with E-state index in [4.69, 9.17) is 4.74 Å². The number of allylic oxidation sites excluding steroid dienone is 3. The minimum absolute atomic E-state index is 0.0469. The largest absolute Gasteiger partial charge is 0.462 e. The van der Waals surface area contributed by atoms with E-state index in [-0.39, 0.29) is 17.3 Å². The summed E-state index contributed by atoms with van der Waals surface area (Å²) < 4.78 is 5.71. The maximum absolute atomic E-state index is 12.7. The van der Waals surface area contributed by atoms with Crippen molar-refractivity contribution >= 4 is 24.5 Å². The molecule has 0 heterocycles. The zero-order chi connectivity index (χ0) is 20.1. The average Bonchev–Trinajstić information content (AvgIpc) is 3.09. The summed E-state index contributed by atoms with van der Waals surface area (Å²) in [6, 6.07) is 21.0. The summed E-state index contributed by atoms with van der Waals surface area (Å²) in [6.07, 6.45) is 5.03. The highest BCUT2D eigenvalue weighted by Crippen LogP contribution is 2.36. The lowest BCUT2D eigenvalue weighted by Gasteiger charge is -2.19. The molecule has 146 valence electrons. The Morgan fingerprint density at radius 1 is 0.964 bits per heavy atom. The van der Waals surface area contributed by atoms with Crippen molar-refractivity contribution in [3.63, 3.8) is 0 Å². The molecule has 0 spiro atoms. The zero-order valence-electron chi connectivity index (χ0n) is 17.2. The van der Waals surface area contributed by atoms with Gasteiger partial charge in [-0.2, -0.15) is 0 Å². The second-order valence-electron chi connectivity index (χ2n) is 8.22. The quantitative estimate of drug-likeness (QED) is 0.498. The molecule has 0 fully saturated rings. The normalized spacial score (nSPS) is 16.7. The molecule has 2 nitrogen and oxygen atoms in total. The molecule has 3 heteroatoms. The van der Waals surface area contributed by atoms with Crippen molar-refractivity contribution in [2.75, 3.05) is 12.8 Å². The van der Waals surface area contributed by atoms with Gasteiger partial charge >= 0.3 is 5.97 Å². The third-order valence-corrected chi connectivity index (χ3v) is 7.49. The second-order valence-corrected chi connectivity index (χ2v) is 10.6. The van der Waals surface area contributed by atoms with Crippen LogP contribution in [0.4, 0.5) is 0 Å². The van der Waals surface area contributed by atoms with Crippen LogP contribution in [0, 0.1) is 11.3 Å². The van der Waals surface area contributed by atoms with Gasteiger partial charge in [-0.15, -0.1) is 0 Å². The monoisotopic (exact) mass is 392 g/mol. The maximum Gasteiger partial charge on any atom is 0.334 e. The molecular formula is C25H29O2P.